The molecule has 0 unspecified atom stereocenters. The van der Waals surface area contributed by atoms with Gasteiger partial charge in [-0.2, -0.15) is 0 Å². The highest BCUT2D eigenvalue weighted by Gasteiger charge is 2.01. The van der Waals surface area contributed by atoms with Crippen molar-refractivity contribution in [1.29, 1.82) is 0 Å². The predicted octanol–water partition coefficient (Wildman–Crippen LogP) is 7.32. The number of aryl methyl sites for hydroxylation is 2. The minimum absolute atomic E-state index is 1.12. The van der Waals surface area contributed by atoms with Gasteiger partial charge in [0.2, 0.25) is 0 Å². The molecule has 140 valence electrons. The molecule has 1 heterocycles. The fourth-order valence-electron chi connectivity index (χ4n) is 3.49. The molecule has 0 aliphatic carbocycles. The summed E-state index contributed by atoms with van der Waals surface area (Å²) in [6.07, 6.45) is 26.4. The Balaban J connectivity index is 1.81. The number of rotatable bonds is 17. The summed E-state index contributed by atoms with van der Waals surface area (Å²) in [5.41, 5.74) is 0. The maximum atomic E-state index is 4.50. The third kappa shape index (κ3) is 10.9. The Morgan fingerprint density at radius 2 is 1.17 bits per heavy atom. The van der Waals surface area contributed by atoms with Crippen LogP contribution in [-0.2, 0) is 13.0 Å². The largest absolute Gasteiger partial charge is 0.335 e. The van der Waals surface area contributed by atoms with Gasteiger partial charge in [-0.05, 0) is 12.8 Å². The summed E-state index contributed by atoms with van der Waals surface area (Å²) in [5.74, 6) is 1.29. The third-order valence-corrected chi connectivity index (χ3v) is 5.02. The minimum Gasteiger partial charge on any atom is -0.335 e. The second-order valence-electron chi connectivity index (χ2n) is 7.38. The summed E-state index contributed by atoms with van der Waals surface area (Å²) < 4.78 is 2.32. The Labute approximate surface area is 151 Å². The molecule has 1 aromatic rings. The van der Waals surface area contributed by atoms with Crippen molar-refractivity contribution < 1.29 is 0 Å². The molecular weight excluding hydrogens is 292 g/mol. The van der Waals surface area contributed by atoms with Gasteiger partial charge in [-0.1, -0.05) is 97.3 Å². The van der Waals surface area contributed by atoms with Gasteiger partial charge in [-0.25, -0.2) is 4.98 Å². The Morgan fingerprint density at radius 1 is 0.667 bits per heavy atom. The van der Waals surface area contributed by atoms with Crippen LogP contribution in [0, 0.1) is 0 Å². The van der Waals surface area contributed by atoms with Crippen LogP contribution in [0.5, 0.6) is 0 Å². The van der Waals surface area contributed by atoms with Crippen LogP contribution < -0.4 is 0 Å². The Kier molecular flexibility index (Phi) is 13.9. The summed E-state index contributed by atoms with van der Waals surface area (Å²) >= 11 is 0. The molecule has 1 rings (SSSR count). The Morgan fingerprint density at radius 3 is 1.67 bits per heavy atom. The number of hydrogen-bond acceptors (Lipinski definition) is 1. The fourth-order valence-corrected chi connectivity index (χ4v) is 3.49. The first-order chi connectivity index (χ1) is 11.9. The number of nitrogens with zero attached hydrogens (tertiary/aromatic N) is 2. The van der Waals surface area contributed by atoms with E-state index in [9.17, 15) is 0 Å². The molecule has 1 aromatic heterocycles. The van der Waals surface area contributed by atoms with Crippen LogP contribution in [0.3, 0.4) is 0 Å². The van der Waals surface area contributed by atoms with Crippen LogP contribution in [0.1, 0.15) is 116 Å². The number of aromatic nitrogens is 2. The van der Waals surface area contributed by atoms with Crippen molar-refractivity contribution in [2.75, 3.05) is 0 Å². The summed E-state index contributed by atoms with van der Waals surface area (Å²) in [4.78, 5) is 4.50. The van der Waals surface area contributed by atoms with E-state index in [1.54, 1.807) is 0 Å². The lowest BCUT2D eigenvalue weighted by Gasteiger charge is -2.06. The highest BCUT2D eigenvalue weighted by atomic mass is 15.1. The standard InChI is InChI=1S/C22H42N2/c1-3-5-6-7-8-9-10-11-12-13-14-15-16-17-18-22-23-19-21-24(22)20-4-2/h19,21H,3-18,20H2,1-2H3. The minimum atomic E-state index is 1.12. The van der Waals surface area contributed by atoms with Gasteiger partial charge in [0, 0.05) is 25.4 Å². The molecule has 0 radical (unpaired) electrons. The summed E-state index contributed by atoms with van der Waals surface area (Å²) in [6.45, 7) is 5.64. The Hall–Kier alpha value is -0.790. The molecule has 2 heteroatoms. The average molecular weight is 335 g/mol. The van der Waals surface area contributed by atoms with Crippen molar-refractivity contribution >= 4 is 0 Å². The molecule has 0 aliphatic heterocycles. The molecule has 0 saturated carbocycles. The van der Waals surface area contributed by atoms with Gasteiger partial charge in [0.05, 0.1) is 0 Å². The molecule has 0 atom stereocenters. The van der Waals surface area contributed by atoms with E-state index in [2.05, 4.69) is 29.6 Å². The Bertz CT molecular complexity index is 370. The first kappa shape index (κ1) is 21.3. The molecule has 24 heavy (non-hydrogen) atoms. The average Bonchev–Trinajstić information content (AvgIpc) is 3.03. The highest BCUT2D eigenvalue weighted by molar-refractivity contribution is 4.92. The first-order valence-electron chi connectivity index (χ1n) is 10.9. The van der Waals surface area contributed by atoms with Gasteiger partial charge in [-0.15, -0.1) is 0 Å². The lowest BCUT2D eigenvalue weighted by Crippen LogP contribution is -2.02. The second kappa shape index (κ2) is 15.7. The second-order valence-corrected chi connectivity index (χ2v) is 7.38. The molecule has 0 saturated heterocycles. The quantitative estimate of drug-likeness (QED) is 0.273. The predicted molar refractivity (Wildman–Crippen MR) is 107 cm³/mol. The van der Waals surface area contributed by atoms with Crippen LogP contribution in [-0.4, -0.2) is 9.55 Å². The lowest BCUT2D eigenvalue weighted by molar-refractivity contribution is 0.532. The zero-order chi connectivity index (χ0) is 17.3. The summed E-state index contributed by atoms with van der Waals surface area (Å²) in [5, 5.41) is 0. The van der Waals surface area contributed by atoms with Crippen molar-refractivity contribution in [3.05, 3.63) is 18.2 Å². The third-order valence-electron chi connectivity index (χ3n) is 5.02. The number of unbranched alkanes of at least 4 members (excludes halogenated alkanes) is 13. The number of imidazole rings is 1. The van der Waals surface area contributed by atoms with Gasteiger partial charge >= 0.3 is 0 Å². The van der Waals surface area contributed by atoms with Crippen molar-refractivity contribution in [2.45, 2.75) is 123 Å². The molecule has 0 bridgehead atoms. The molecule has 0 aliphatic rings. The zero-order valence-corrected chi connectivity index (χ0v) is 16.6. The van der Waals surface area contributed by atoms with Gasteiger partial charge in [0.15, 0.2) is 0 Å². The van der Waals surface area contributed by atoms with Gasteiger partial charge in [-0.3, -0.25) is 0 Å². The van der Waals surface area contributed by atoms with Crippen molar-refractivity contribution in [2.24, 2.45) is 0 Å². The van der Waals surface area contributed by atoms with Gasteiger partial charge in [0.1, 0.15) is 5.82 Å². The van der Waals surface area contributed by atoms with Gasteiger partial charge < -0.3 is 4.57 Å². The molecule has 0 spiro atoms. The first-order valence-corrected chi connectivity index (χ1v) is 10.9. The van der Waals surface area contributed by atoms with Crippen molar-refractivity contribution in [1.82, 2.24) is 9.55 Å². The molecule has 0 aromatic carbocycles. The van der Waals surface area contributed by atoms with Crippen LogP contribution in [0.4, 0.5) is 0 Å². The maximum absolute atomic E-state index is 4.50. The molecule has 2 nitrogen and oxygen atoms in total. The van der Waals surface area contributed by atoms with Gasteiger partial charge in [0.25, 0.3) is 0 Å². The molecule has 0 fully saturated rings. The lowest BCUT2D eigenvalue weighted by atomic mass is 10.0. The van der Waals surface area contributed by atoms with E-state index in [-0.39, 0.29) is 0 Å². The van der Waals surface area contributed by atoms with Crippen molar-refractivity contribution in [3.8, 4) is 0 Å². The van der Waals surface area contributed by atoms with Crippen molar-refractivity contribution in [3.63, 3.8) is 0 Å². The molecule has 0 N–H and O–H groups in total. The van der Waals surface area contributed by atoms with E-state index in [1.165, 1.54) is 102 Å². The summed E-state index contributed by atoms with van der Waals surface area (Å²) in [7, 11) is 0. The molecule has 0 amide bonds. The van der Waals surface area contributed by atoms with Crippen LogP contribution in [0.15, 0.2) is 12.4 Å². The van der Waals surface area contributed by atoms with Crippen LogP contribution >= 0.6 is 0 Å². The monoisotopic (exact) mass is 334 g/mol. The van der Waals surface area contributed by atoms with E-state index < -0.39 is 0 Å². The van der Waals surface area contributed by atoms with E-state index in [0.717, 1.165) is 13.0 Å². The highest BCUT2D eigenvalue weighted by Crippen LogP contribution is 2.13. The van der Waals surface area contributed by atoms with Crippen LogP contribution in [0.25, 0.3) is 0 Å². The van der Waals surface area contributed by atoms with E-state index in [4.69, 9.17) is 0 Å². The topological polar surface area (TPSA) is 17.8 Å². The normalized spacial score (nSPS) is 11.2. The SMILES string of the molecule is CCCCCCCCCCCCCCCCc1nccn1CCC. The van der Waals surface area contributed by atoms with E-state index >= 15 is 0 Å². The smallest absolute Gasteiger partial charge is 0.108 e. The number of hydrogen-bond donors (Lipinski definition) is 0. The molecular formula is C22H42N2. The fraction of sp³-hybridized carbons (Fsp3) is 0.864. The maximum Gasteiger partial charge on any atom is 0.108 e. The summed E-state index contributed by atoms with van der Waals surface area (Å²) in [6, 6.07) is 0. The van der Waals surface area contributed by atoms with Crippen LogP contribution in [0.2, 0.25) is 0 Å². The van der Waals surface area contributed by atoms with E-state index in [0.29, 0.717) is 0 Å². The van der Waals surface area contributed by atoms with E-state index in [1.807, 2.05) is 6.20 Å². The zero-order valence-electron chi connectivity index (χ0n) is 16.6.